The monoisotopic (exact) mass is 215 g/mol. The fourth-order valence-corrected chi connectivity index (χ4v) is 0.837. The van der Waals surface area contributed by atoms with Crippen LogP contribution in [0.25, 0.3) is 0 Å². The van der Waals surface area contributed by atoms with Gasteiger partial charge in [-0.15, -0.1) is 11.6 Å². The Morgan fingerprint density at radius 3 is 2.15 bits per heavy atom. The molecular weight excluding hydrogens is 207 g/mol. The van der Waals surface area contributed by atoms with E-state index in [1.807, 2.05) is 0 Å². The van der Waals surface area contributed by atoms with Crippen LogP contribution in [-0.4, -0.2) is 36.8 Å². The van der Waals surface area contributed by atoms with E-state index in [2.05, 4.69) is 0 Å². The van der Waals surface area contributed by atoms with Crippen LogP contribution in [0.3, 0.4) is 0 Å². The number of nitrogens with zero attached hydrogens (tertiary/aromatic N) is 1. The van der Waals surface area contributed by atoms with Crippen LogP contribution in [0.1, 0.15) is 0 Å². The fourth-order valence-electron chi connectivity index (χ4n) is 0.520. The third kappa shape index (κ3) is 4.17. The van der Waals surface area contributed by atoms with E-state index < -0.39 is 12.0 Å². The van der Waals surface area contributed by atoms with Crippen molar-refractivity contribution < 1.29 is 18.0 Å². The van der Waals surface area contributed by atoms with E-state index in [1.54, 1.807) is 0 Å². The molecule has 0 aromatic carbocycles. The average molecular weight is 216 g/mol. The van der Waals surface area contributed by atoms with Gasteiger partial charge in [-0.3, -0.25) is 4.79 Å². The number of alkyl halides is 4. The first kappa shape index (κ1) is 12.3. The highest BCUT2D eigenvalue weighted by Gasteiger charge is 2.36. The number of rotatable bonds is 3. The van der Waals surface area contributed by atoms with Crippen LogP contribution in [0.15, 0.2) is 11.8 Å². The Morgan fingerprint density at radius 2 is 1.92 bits per heavy atom. The van der Waals surface area contributed by atoms with Gasteiger partial charge in [0.25, 0.3) is 5.78 Å². The Balaban J connectivity index is 4.62. The van der Waals surface area contributed by atoms with Crippen LogP contribution in [0.4, 0.5) is 13.2 Å². The molecule has 0 saturated carbocycles. The van der Waals surface area contributed by atoms with Crippen molar-refractivity contribution in [3.05, 3.63) is 11.8 Å². The van der Waals surface area contributed by atoms with Crippen molar-refractivity contribution in [2.24, 2.45) is 0 Å². The average Bonchev–Trinajstić information content (AvgIpc) is 1.96. The van der Waals surface area contributed by atoms with Gasteiger partial charge in [0.15, 0.2) is 0 Å². The van der Waals surface area contributed by atoms with Gasteiger partial charge in [0.1, 0.15) is 0 Å². The van der Waals surface area contributed by atoms with E-state index in [1.165, 1.54) is 19.0 Å². The van der Waals surface area contributed by atoms with Crippen molar-refractivity contribution in [1.29, 1.82) is 0 Å². The Kier molecular flexibility index (Phi) is 4.26. The third-order valence-corrected chi connectivity index (χ3v) is 1.56. The summed E-state index contributed by atoms with van der Waals surface area (Å²) in [6.45, 7) is 0. The molecule has 0 N–H and O–H groups in total. The SMILES string of the molecule is CN(C)/C(=C/C(=O)C(F)(F)F)CCl. The van der Waals surface area contributed by atoms with Crippen LogP contribution in [0, 0.1) is 0 Å². The molecule has 76 valence electrons. The number of ketones is 1. The Hall–Kier alpha value is -0.710. The van der Waals surface area contributed by atoms with Crippen molar-refractivity contribution in [3.8, 4) is 0 Å². The minimum absolute atomic E-state index is 0.129. The van der Waals surface area contributed by atoms with Gasteiger partial charge >= 0.3 is 6.18 Å². The van der Waals surface area contributed by atoms with Gasteiger partial charge in [-0.1, -0.05) is 0 Å². The Morgan fingerprint density at radius 1 is 1.46 bits per heavy atom. The molecule has 0 aliphatic rings. The first-order chi connectivity index (χ1) is 5.79. The lowest BCUT2D eigenvalue weighted by Crippen LogP contribution is -2.23. The van der Waals surface area contributed by atoms with Crippen LogP contribution in [0.2, 0.25) is 0 Å². The summed E-state index contributed by atoms with van der Waals surface area (Å²) in [7, 11) is 3.02. The second-order valence-electron chi connectivity index (χ2n) is 2.53. The lowest BCUT2D eigenvalue weighted by molar-refractivity contribution is -0.165. The summed E-state index contributed by atoms with van der Waals surface area (Å²) in [5, 5.41) is 0. The van der Waals surface area contributed by atoms with Crippen molar-refractivity contribution in [1.82, 2.24) is 4.90 Å². The number of carbonyl (C=O) groups excluding carboxylic acids is 1. The molecule has 0 bridgehead atoms. The first-order valence-electron chi connectivity index (χ1n) is 3.34. The number of hydrogen-bond acceptors (Lipinski definition) is 2. The molecule has 0 aromatic heterocycles. The van der Waals surface area contributed by atoms with Gasteiger partial charge in [-0.2, -0.15) is 13.2 Å². The number of hydrogen-bond donors (Lipinski definition) is 0. The predicted molar refractivity (Wildman–Crippen MR) is 43.6 cm³/mol. The molecule has 0 aliphatic carbocycles. The number of allylic oxidation sites excluding steroid dienone is 2. The zero-order valence-corrected chi connectivity index (χ0v) is 7.91. The molecule has 0 aromatic rings. The van der Waals surface area contributed by atoms with Crippen molar-refractivity contribution in [2.45, 2.75) is 6.18 Å². The highest BCUT2D eigenvalue weighted by atomic mass is 35.5. The zero-order chi connectivity index (χ0) is 10.6. The molecule has 0 radical (unpaired) electrons. The van der Waals surface area contributed by atoms with E-state index in [9.17, 15) is 18.0 Å². The smallest absolute Gasteiger partial charge is 0.380 e. The third-order valence-electron chi connectivity index (χ3n) is 1.29. The number of halogens is 4. The molecule has 6 heteroatoms. The molecule has 13 heavy (non-hydrogen) atoms. The molecule has 2 nitrogen and oxygen atoms in total. The largest absolute Gasteiger partial charge is 0.454 e. The van der Waals surface area contributed by atoms with Gasteiger partial charge < -0.3 is 4.90 Å². The van der Waals surface area contributed by atoms with Gasteiger partial charge in [0.2, 0.25) is 0 Å². The minimum atomic E-state index is -4.83. The lowest BCUT2D eigenvalue weighted by atomic mass is 10.3. The first-order valence-corrected chi connectivity index (χ1v) is 3.87. The maximum absolute atomic E-state index is 11.8. The van der Waals surface area contributed by atoms with E-state index >= 15 is 0 Å². The minimum Gasteiger partial charge on any atom is -0.380 e. The highest BCUT2D eigenvalue weighted by molar-refractivity contribution is 6.19. The van der Waals surface area contributed by atoms with Crippen LogP contribution in [-0.2, 0) is 4.79 Å². The number of carbonyl (C=O) groups is 1. The Bertz CT molecular complexity index is 222. The maximum atomic E-state index is 11.8. The molecular formula is C7H9ClF3NO. The molecule has 0 heterocycles. The topological polar surface area (TPSA) is 20.3 Å². The Labute approximate surface area is 79.0 Å². The summed E-state index contributed by atoms with van der Waals surface area (Å²) in [5.41, 5.74) is 0.129. The lowest BCUT2D eigenvalue weighted by Gasteiger charge is -2.14. The van der Waals surface area contributed by atoms with Crippen molar-refractivity contribution in [3.63, 3.8) is 0 Å². The molecule has 0 spiro atoms. The fraction of sp³-hybridized carbons (Fsp3) is 0.571. The quantitative estimate of drug-likeness (QED) is 0.529. The van der Waals surface area contributed by atoms with Gasteiger partial charge in [0, 0.05) is 25.9 Å². The van der Waals surface area contributed by atoms with E-state index in [0.29, 0.717) is 6.08 Å². The highest BCUT2D eigenvalue weighted by Crippen LogP contribution is 2.18. The molecule has 0 saturated heterocycles. The summed E-state index contributed by atoms with van der Waals surface area (Å²) < 4.78 is 35.3. The summed E-state index contributed by atoms with van der Waals surface area (Å²) in [6, 6.07) is 0. The van der Waals surface area contributed by atoms with Gasteiger partial charge in [-0.25, -0.2) is 0 Å². The molecule has 0 atom stereocenters. The zero-order valence-electron chi connectivity index (χ0n) is 7.15. The van der Waals surface area contributed by atoms with Crippen LogP contribution in [0.5, 0.6) is 0 Å². The normalized spacial score (nSPS) is 12.9. The predicted octanol–water partition coefficient (Wildman–Crippen LogP) is 1.80. The van der Waals surface area contributed by atoms with E-state index in [0.717, 1.165) is 0 Å². The molecule has 0 aliphatic heterocycles. The second kappa shape index (κ2) is 4.50. The molecule has 0 rings (SSSR count). The van der Waals surface area contributed by atoms with E-state index in [4.69, 9.17) is 11.6 Å². The summed E-state index contributed by atoms with van der Waals surface area (Å²) in [4.78, 5) is 11.8. The van der Waals surface area contributed by atoms with Gasteiger partial charge in [-0.05, 0) is 0 Å². The summed E-state index contributed by atoms with van der Waals surface area (Å²) in [6.07, 6.45) is -4.33. The molecule has 0 amide bonds. The maximum Gasteiger partial charge on any atom is 0.454 e. The molecule has 0 unspecified atom stereocenters. The molecule has 0 fully saturated rings. The van der Waals surface area contributed by atoms with Crippen molar-refractivity contribution >= 4 is 17.4 Å². The standard InChI is InChI=1S/C7H9ClF3NO/c1-12(2)5(4-8)3-6(13)7(9,10)11/h3H,4H2,1-2H3/b5-3+. The second-order valence-corrected chi connectivity index (χ2v) is 2.79. The van der Waals surface area contributed by atoms with Crippen LogP contribution < -0.4 is 0 Å². The van der Waals surface area contributed by atoms with Gasteiger partial charge in [0.05, 0.1) is 5.88 Å². The summed E-state index contributed by atoms with van der Waals surface area (Å²) in [5.74, 6) is -2.02. The summed E-state index contributed by atoms with van der Waals surface area (Å²) >= 11 is 5.33. The van der Waals surface area contributed by atoms with E-state index in [-0.39, 0.29) is 11.6 Å². The van der Waals surface area contributed by atoms with Crippen LogP contribution >= 0.6 is 11.6 Å². The van der Waals surface area contributed by atoms with Crippen molar-refractivity contribution in [2.75, 3.05) is 20.0 Å².